The van der Waals surface area contributed by atoms with Crippen LogP contribution in [0.3, 0.4) is 0 Å². The van der Waals surface area contributed by atoms with Crippen molar-refractivity contribution in [2.45, 2.75) is 58.3 Å². The fraction of sp³-hybridized carbons (Fsp3) is 1.00. The van der Waals surface area contributed by atoms with Gasteiger partial charge in [-0.2, -0.15) is 0 Å². The van der Waals surface area contributed by atoms with Gasteiger partial charge in [0, 0.05) is 18.4 Å². The summed E-state index contributed by atoms with van der Waals surface area (Å²) in [4.78, 5) is 0. The number of rotatable bonds is 2. The monoisotopic (exact) mass is 210 g/mol. The van der Waals surface area contributed by atoms with Crippen LogP contribution >= 0.6 is 0 Å². The first-order valence-corrected chi connectivity index (χ1v) is 6.53. The first-order chi connectivity index (χ1) is 7.26. The first-order valence-electron chi connectivity index (χ1n) is 6.53. The average molecular weight is 210 g/mol. The maximum atomic E-state index is 6.06. The van der Waals surface area contributed by atoms with Gasteiger partial charge in [0.2, 0.25) is 0 Å². The quantitative estimate of drug-likeness (QED) is 0.697. The molecule has 0 radical (unpaired) electrons. The van der Waals surface area contributed by atoms with Gasteiger partial charge in [-0.25, -0.2) is 0 Å². The molecule has 2 nitrogen and oxygen atoms in total. The Bertz CT molecular complexity index is 253. The van der Waals surface area contributed by atoms with E-state index in [2.05, 4.69) is 13.8 Å². The average Bonchev–Trinajstić information content (AvgIpc) is 2.77. The third-order valence-electron chi connectivity index (χ3n) is 5.09. The zero-order valence-electron chi connectivity index (χ0n) is 9.87. The minimum atomic E-state index is 0.105. The zero-order chi connectivity index (χ0) is 10.5. The van der Waals surface area contributed by atoms with Crippen LogP contribution in [0.5, 0.6) is 0 Å². The molecule has 0 aromatic heterocycles. The molecule has 3 fully saturated rings. The Labute approximate surface area is 92.3 Å². The van der Waals surface area contributed by atoms with Gasteiger partial charge in [-0.3, -0.25) is 0 Å². The fourth-order valence-electron chi connectivity index (χ4n) is 4.45. The van der Waals surface area contributed by atoms with Crippen molar-refractivity contribution in [3.05, 3.63) is 0 Å². The molecule has 0 amide bonds. The highest BCUT2D eigenvalue weighted by Crippen LogP contribution is 2.63. The Morgan fingerprint density at radius 1 is 1.33 bits per heavy atom. The van der Waals surface area contributed by atoms with E-state index >= 15 is 0 Å². The van der Waals surface area contributed by atoms with Gasteiger partial charge in [-0.1, -0.05) is 6.92 Å². The van der Waals surface area contributed by atoms with E-state index in [1.165, 1.54) is 32.1 Å². The molecule has 0 aromatic rings. The predicted octanol–water partition coefficient (Wildman–Crippen LogP) is 2.96. The summed E-state index contributed by atoms with van der Waals surface area (Å²) >= 11 is 0. The van der Waals surface area contributed by atoms with E-state index < -0.39 is 0 Å². The Balaban J connectivity index is 1.79. The van der Waals surface area contributed by atoms with Crippen molar-refractivity contribution >= 4 is 0 Å². The zero-order valence-corrected chi connectivity index (χ0v) is 9.87. The van der Waals surface area contributed by atoms with E-state index in [0.29, 0.717) is 11.5 Å². The van der Waals surface area contributed by atoms with Crippen molar-refractivity contribution in [2.75, 3.05) is 6.61 Å². The van der Waals surface area contributed by atoms with Crippen molar-refractivity contribution in [1.82, 2.24) is 0 Å². The smallest absolute Gasteiger partial charge is 0.158 e. The third-order valence-corrected chi connectivity index (χ3v) is 5.09. The molecule has 1 saturated heterocycles. The van der Waals surface area contributed by atoms with Crippen LogP contribution in [-0.2, 0) is 9.47 Å². The summed E-state index contributed by atoms with van der Waals surface area (Å²) in [6.07, 6.45) is 7.25. The Morgan fingerprint density at radius 3 is 3.00 bits per heavy atom. The second-order valence-electron chi connectivity index (χ2n) is 5.65. The molecule has 15 heavy (non-hydrogen) atoms. The van der Waals surface area contributed by atoms with Gasteiger partial charge in [-0.05, 0) is 44.4 Å². The molecule has 0 bridgehead atoms. The molecule has 2 saturated carbocycles. The lowest BCUT2D eigenvalue weighted by molar-refractivity contribution is -0.131. The molecular weight excluding hydrogens is 188 g/mol. The molecule has 1 heterocycles. The Kier molecular flexibility index (Phi) is 2.33. The third kappa shape index (κ3) is 1.31. The largest absolute Gasteiger partial charge is 0.353 e. The molecule has 2 aliphatic carbocycles. The first kappa shape index (κ1) is 10.1. The summed E-state index contributed by atoms with van der Waals surface area (Å²) in [6, 6.07) is 0. The maximum Gasteiger partial charge on any atom is 0.158 e. The lowest BCUT2D eigenvalue weighted by Crippen LogP contribution is -2.28. The Morgan fingerprint density at radius 2 is 2.20 bits per heavy atom. The van der Waals surface area contributed by atoms with Crippen molar-refractivity contribution in [3.8, 4) is 0 Å². The van der Waals surface area contributed by atoms with Crippen LogP contribution in [0.4, 0.5) is 0 Å². The molecule has 1 unspecified atom stereocenters. The lowest BCUT2D eigenvalue weighted by atomic mass is 9.76. The molecule has 1 aliphatic heterocycles. The topological polar surface area (TPSA) is 18.5 Å². The summed E-state index contributed by atoms with van der Waals surface area (Å²) in [5.74, 6) is 1.84. The summed E-state index contributed by atoms with van der Waals surface area (Å²) in [5.41, 5.74) is 0.513. The van der Waals surface area contributed by atoms with Gasteiger partial charge >= 0.3 is 0 Å². The second kappa shape index (κ2) is 3.46. The molecule has 3 rings (SSSR count). The van der Waals surface area contributed by atoms with Gasteiger partial charge in [0.15, 0.2) is 6.29 Å². The number of ether oxygens (including phenoxy) is 2. The molecule has 5 atom stereocenters. The lowest BCUT2D eigenvalue weighted by Gasteiger charge is -2.28. The summed E-state index contributed by atoms with van der Waals surface area (Å²) in [7, 11) is 0. The Hall–Kier alpha value is -0.0800. The van der Waals surface area contributed by atoms with E-state index in [1.54, 1.807) is 0 Å². The summed E-state index contributed by atoms with van der Waals surface area (Å²) < 4.78 is 11.7. The molecule has 3 aliphatic rings. The highest BCUT2D eigenvalue weighted by molar-refractivity contribution is 5.08. The van der Waals surface area contributed by atoms with Crippen LogP contribution in [0.25, 0.3) is 0 Å². The normalized spacial score (nSPS) is 53.2. The molecule has 0 N–H and O–H groups in total. The standard InChI is InChI=1S/C13H22O2/c1-3-14-12-8-13-7-6-9(2)10(13)4-5-11(13)15-12/h9-12H,3-8H2,1-2H3/t9-,10-,11+,12?,13-/m0/s1. The van der Waals surface area contributed by atoms with E-state index in [9.17, 15) is 0 Å². The van der Waals surface area contributed by atoms with Crippen LogP contribution in [0.1, 0.15) is 46.0 Å². The second-order valence-corrected chi connectivity index (χ2v) is 5.65. The van der Waals surface area contributed by atoms with E-state index in [4.69, 9.17) is 9.47 Å². The number of hydrogen-bond acceptors (Lipinski definition) is 2. The molecule has 0 aromatic carbocycles. The van der Waals surface area contributed by atoms with Crippen molar-refractivity contribution in [2.24, 2.45) is 17.3 Å². The van der Waals surface area contributed by atoms with Gasteiger partial charge < -0.3 is 9.47 Å². The molecule has 2 heteroatoms. The van der Waals surface area contributed by atoms with E-state index in [-0.39, 0.29) is 6.29 Å². The summed E-state index contributed by atoms with van der Waals surface area (Å²) in [5, 5.41) is 0. The van der Waals surface area contributed by atoms with E-state index in [0.717, 1.165) is 18.4 Å². The van der Waals surface area contributed by atoms with Gasteiger partial charge in [-0.15, -0.1) is 0 Å². The van der Waals surface area contributed by atoms with Gasteiger partial charge in [0.25, 0.3) is 0 Å². The minimum Gasteiger partial charge on any atom is -0.353 e. The molecule has 86 valence electrons. The SMILES string of the molecule is CCOC1C[C@@]23CC[C@H](C)[C@@H]2CC[C@H]3O1. The highest BCUT2D eigenvalue weighted by Gasteiger charge is 2.60. The van der Waals surface area contributed by atoms with Crippen LogP contribution in [0, 0.1) is 17.3 Å². The van der Waals surface area contributed by atoms with E-state index in [1.807, 2.05) is 0 Å². The number of hydrogen-bond donors (Lipinski definition) is 0. The van der Waals surface area contributed by atoms with Crippen LogP contribution in [-0.4, -0.2) is 19.0 Å². The van der Waals surface area contributed by atoms with Crippen molar-refractivity contribution in [1.29, 1.82) is 0 Å². The molecular formula is C13H22O2. The predicted molar refractivity (Wildman–Crippen MR) is 58.5 cm³/mol. The maximum absolute atomic E-state index is 6.06. The summed E-state index contributed by atoms with van der Waals surface area (Å²) in [6.45, 7) is 5.27. The van der Waals surface area contributed by atoms with Crippen molar-refractivity contribution < 1.29 is 9.47 Å². The van der Waals surface area contributed by atoms with Crippen molar-refractivity contribution in [3.63, 3.8) is 0 Å². The fourth-order valence-corrected chi connectivity index (χ4v) is 4.45. The van der Waals surface area contributed by atoms with Crippen LogP contribution < -0.4 is 0 Å². The van der Waals surface area contributed by atoms with Gasteiger partial charge in [0.05, 0.1) is 6.10 Å². The highest BCUT2D eigenvalue weighted by atomic mass is 16.7. The molecule has 1 spiro atoms. The van der Waals surface area contributed by atoms with Gasteiger partial charge in [0.1, 0.15) is 0 Å². The minimum absolute atomic E-state index is 0.105. The van der Waals surface area contributed by atoms with Crippen LogP contribution in [0.2, 0.25) is 0 Å². The van der Waals surface area contributed by atoms with Crippen LogP contribution in [0.15, 0.2) is 0 Å².